The molecule has 8 heteroatoms. The minimum Gasteiger partial charge on any atom is -0.504 e. The van der Waals surface area contributed by atoms with Crippen LogP contribution in [0.5, 0.6) is 11.5 Å². The SMILES string of the molecule is COc1ccc(CNC=C2C(=O)NC(=O)c3ccc(C=Cn4ccnc4)cc32)cc1O. The molecule has 3 aromatic rings. The van der Waals surface area contributed by atoms with Gasteiger partial charge in [-0.2, -0.15) is 0 Å². The minimum absolute atomic E-state index is 0.0372. The van der Waals surface area contributed by atoms with Crippen molar-refractivity contribution >= 4 is 29.7 Å². The number of phenolic OH excluding ortho intramolecular Hbond substituents is 1. The Bertz CT molecular complexity index is 1200. The Hall–Kier alpha value is -4.33. The van der Waals surface area contributed by atoms with Crippen LogP contribution >= 0.6 is 0 Å². The molecule has 0 unspecified atom stereocenters. The molecule has 31 heavy (non-hydrogen) atoms. The van der Waals surface area contributed by atoms with Crippen LogP contribution in [0.4, 0.5) is 0 Å². The smallest absolute Gasteiger partial charge is 0.260 e. The van der Waals surface area contributed by atoms with Crippen molar-refractivity contribution in [3.8, 4) is 11.5 Å². The molecule has 0 aliphatic carbocycles. The van der Waals surface area contributed by atoms with Crippen LogP contribution in [0.1, 0.15) is 27.0 Å². The van der Waals surface area contributed by atoms with Crippen molar-refractivity contribution < 1.29 is 19.4 Å². The number of carbonyl (C=O) groups is 2. The topological polar surface area (TPSA) is 105 Å². The number of ether oxygens (including phenoxy) is 1. The molecule has 2 amide bonds. The Kier molecular flexibility index (Phi) is 5.53. The predicted molar refractivity (Wildman–Crippen MR) is 116 cm³/mol. The van der Waals surface area contributed by atoms with Crippen molar-refractivity contribution in [2.24, 2.45) is 0 Å². The van der Waals surface area contributed by atoms with Gasteiger partial charge < -0.3 is 19.7 Å². The van der Waals surface area contributed by atoms with Crippen LogP contribution in [0.25, 0.3) is 17.8 Å². The van der Waals surface area contributed by atoms with E-state index >= 15 is 0 Å². The summed E-state index contributed by atoms with van der Waals surface area (Å²) >= 11 is 0. The average molecular weight is 416 g/mol. The minimum atomic E-state index is -0.474. The third-order valence-electron chi connectivity index (χ3n) is 4.81. The highest BCUT2D eigenvalue weighted by Gasteiger charge is 2.27. The molecule has 0 fully saturated rings. The van der Waals surface area contributed by atoms with Crippen molar-refractivity contribution in [1.29, 1.82) is 0 Å². The number of aromatic nitrogens is 2. The van der Waals surface area contributed by atoms with E-state index in [9.17, 15) is 14.7 Å². The first kappa shape index (κ1) is 20.0. The van der Waals surface area contributed by atoms with Gasteiger partial charge in [-0.05, 0) is 41.5 Å². The molecule has 4 rings (SSSR count). The van der Waals surface area contributed by atoms with Gasteiger partial charge >= 0.3 is 0 Å². The van der Waals surface area contributed by atoms with Gasteiger partial charge in [0.25, 0.3) is 11.8 Å². The first-order valence-corrected chi connectivity index (χ1v) is 9.50. The number of phenols is 1. The van der Waals surface area contributed by atoms with E-state index in [2.05, 4.69) is 15.6 Å². The third kappa shape index (κ3) is 4.32. The molecule has 0 saturated heterocycles. The molecule has 2 aromatic carbocycles. The summed E-state index contributed by atoms with van der Waals surface area (Å²) in [6, 6.07) is 10.4. The van der Waals surface area contributed by atoms with Gasteiger partial charge in [0.1, 0.15) is 0 Å². The zero-order chi connectivity index (χ0) is 21.8. The number of nitrogens with one attached hydrogen (secondary N) is 2. The second-order valence-electron chi connectivity index (χ2n) is 6.86. The number of methoxy groups -OCH3 is 1. The molecule has 8 nitrogen and oxygen atoms in total. The lowest BCUT2D eigenvalue weighted by atomic mass is 9.93. The molecule has 0 bridgehead atoms. The normalized spacial score (nSPS) is 14.5. The summed E-state index contributed by atoms with van der Waals surface area (Å²) in [5.41, 5.74) is 2.96. The first-order chi connectivity index (χ1) is 15.0. The molecule has 2 heterocycles. The molecular weight excluding hydrogens is 396 g/mol. The number of fused-ring (bicyclic) bond motifs is 1. The lowest BCUT2D eigenvalue weighted by molar-refractivity contribution is -0.114. The van der Waals surface area contributed by atoms with Crippen molar-refractivity contribution in [2.45, 2.75) is 6.54 Å². The van der Waals surface area contributed by atoms with E-state index in [-0.39, 0.29) is 5.75 Å². The second kappa shape index (κ2) is 8.58. The van der Waals surface area contributed by atoms with Crippen molar-refractivity contribution in [3.63, 3.8) is 0 Å². The zero-order valence-electron chi connectivity index (χ0n) is 16.7. The average Bonchev–Trinajstić information content (AvgIpc) is 3.28. The Balaban J connectivity index is 1.58. The first-order valence-electron chi connectivity index (χ1n) is 9.50. The quantitative estimate of drug-likeness (QED) is 0.421. The highest BCUT2D eigenvalue weighted by molar-refractivity contribution is 6.31. The summed E-state index contributed by atoms with van der Waals surface area (Å²) in [4.78, 5) is 28.7. The van der Waals surface area contributed by atoms with Crippen LogP contribution < -0.4 is 15.4 Å². The van der Waals surface area contributed by atoms with Gasteiger partial charge in [0.05, 0.1) is 19.0 Å². The van der Waals surface area contributed by atoms with E-state index in [0.717, 1.165) is 11.1 Å². The van der Waals surface area contributed by atoms with Crippen molar-refractivity contribution in [1.82, 2.24) is 20.2 Å². The molecule has 1 aromatic heterocycles. The fraction of sp³-hybridized carbons (Fsp3) is 0.0870. The molecule has 1 aliphatic rings. The summed E-state index contributed by atoms with van der Waals surface area (Å²) in [6.45, 7) is 0.373. The van der Waals surface area contributed by atoms with Gasteiger partial charge in [0.15, 0.2) is 11.5 Å². The molecule has 0 saturated carbocycles. The van der Waals surface area contributed by atoms with Crippen LogP contribution in [0, 0.1) is 0 Å². The van der Waals surface area contributed by atoms with E-state index in [0.29, 0.717) is 29.0 Å². The van der Waals surface area contributed by atoms with E-state index in [1.54, 1.807) is 53.8 Å². The van der Waals surface area contributed by atoms with Crippen LogP contribution in [0.2, 0.25) is 0 Å². The molecule has 156 valence electrons. The molecule has 1 aliphatic heterocycles. The standard InChI is InChI=1S/C23H20N4O4/c1-31-21-5-3-16(11-20(21)28)12-25-13-19-18-10-15(6-8-27-9-7-24-14-27)2-4-17(18)22(29)26-23(19)30/h2-11,13-14,25,28H,12H2,1H3,(H,26,29,30). The number of carbonyl (C=O) groups excluding carboxylic acids is 2. The highest BCUT2D eigenvalue weighted by atomic mass is 16.5. The van der Waals surface area contributed by atoms with Gasteiger partial charge in [-0.3, -0.25) is 14.9 Å². The summed E-state index contributed by atoms with van der Waals surface area (Å²) < 4.78 is 6.83. The van der Waals surface area contributed by atoms with Gasteiger partial charge in [0.2, 0.25) is 0 Å². The number of imidazole rings is 1. The highest BCUT2D eigenvalue weighted by Crippen LogP contribution is 2.27. The van der Waals surface area contributed by atoms with Crippen molar-refractivity contribution in [2.75, 3.05) is 7.11 Å². The molecule has 3 N–H and O–H groups in total. The Morgan fingerprint density at radius 2 is 2.03 bits per heavy atom. The molecule has 0 spiro atoms. The monoisotopic (exact) mass is 416 g/mol. The third-order valence-corrected chi connectivity index (χ3v) is 4.81. The fourth-order valence-corrected chi connectivity index (χ4v) is 3.24. The van der Waals surface area contributed by atoms with Gasteiger partial charge in [-0.1, -0.05) is 12.1 Å². The lowest BCUT2D eigenvalue weighted by Gasteiger charge is -2.19. The number of amides is 2. The largest absolute Gasteiger partial charge is 0.504 e. The van der Waals surface area contributed by atoms with Crippen LogP contribution in [-0.2, 0) is 11.3 Å². The van der Waals surface area contributed by atoms with E-state index < -0.39 is 11.8 Å². The van der Waals surface area contributed by atoms with E-state index in [4.69, 9.17) is 4.74 Å². The maximum atomic E-state index is 12.5. The maximum Gasteiger partial charge on any atom is 0.260 e. The molecule has 0 atom stereocenters. The predicted octanol–water partition coefficient (Wildman–Crippen LogP) is 2.63. The number of hydrogen-bond donors (Lipinski definition) is 3. The van der Waals surface area contributed by atoms with Gasteiger partial charge in [-0.25, -0.2) is 4.98 Å². The number of nitrogens with zero attached hydrogens (tertiary/aromatic N) is 2. The number of benzene rings is 2. The maximum absolute atomic E-state index is 12.5. The van der Waals surface area contributed by atoms with Crippen LogP contribution in [0.3, 0.4) is 0 Å². The second-order valence-corrected chi connectivity index (χ2v) is 6.86. The van der Waals surface area contributed by atoms with E-state index in [1.807, 2.05) is 24.4 Å². The fourth-order valence-electron chi connectivity index (χ4n) is 3.24. The summed E-state index contributed by atoms with van der Waals surface area (Å²) in [5.74, 6) is -0.478. The molecular formula is C23H20N4O4. The lowest BCUT2D eigenvalue weighted by Crippen LogP contribution is -2.37. The van der Waals surface area contributed by atoms with Gasteiger partial charge in [-0.15, -0.1) is 0 Å². The Labute approximate surface area is 178 Å². The molecule has 0 radical (unpaired) electrons. The Morgan fingerprint density at radius 1 is 1.16 bits per heavy atom. The Morgan fingerprint density at radius 3 is 2.77 bits per heavy atom. The van der Waals surface area contributed by atoms with Crippen molar-refractivity contribution in [3.05, 3.63) is 83.6 Å². The number of imide groups is 1. The summed E-state index contributed by atoms with van der Waals surface area (Å²) in [5, 5.41) is 15.3. The van der Waals surface area contributed by atoms with Crippen LogP contribution in [-0.4, -0.2) is 33.6 Å². The summed E-state index contributed by atoms with van der Waals surface area (Å²) in [6.07, 6.45) is 10.4. The number of hydrogen-bond acceptors (Lipinski definition) is 6. The van der Waals surface area contributed by atoms with Crippen LogP contribution in [0.15, 0.2) is 61.3 Å². The number of rotatable bonds is 6. The van der Waals surface area contributed by atoms with E-state index in [1.165, 1.54) is 7.11 Å². The summed E-state index contributed by atoms with van der Waals surface area (Å²) in [7, 11) is 1.48. The number of aromatic hydroxyl groups is 1. The zero-order valence-corrected chi connectivity index (χ0v) is 16.7. The van der Waals surface area contributed by atoms with Gasteiger partial charge in [0, 0.05) is 42.5 Å².